The van der Waals surface area contributed by atoms with Crippen molar-refractivity contribution in [3.8, 4) is 0 Å². The van der Waals surface area contributed by atoms with Crippen LogP contribution in [-0.4, -0.2) is 65.5 Å². The molecule has 0 bridgehead atoms. The minimum absolute atomic E-state index is 0.158. The van der Waals surface area contributed by atoms with E-state index in [1.165, 1.54) is 0 Å². The Kier molecular flexibility index (Phi) is 6.56. The van der Waals surface area contributed by atoms with Crippen molar-refractivity contribution in [1.29, 1.82) is 0 Å². The van der Waals surface area contributed by atoms with E-state index in [2.05, 4.69) is 22.1 Å². The highest BCUT2D eigenvalue weighted by atomic mass is 16.7. The Bertz CT molecular complexity index is 407. The number of nitrogens with zero attached hydrogens (tertiary/aromatic N) is 4. The average molecular weight is 298 g/mol. The smallest absolute Gasteiger partial charge is 0.204 e. The van der Waals surface area contributed by atoms with Crippen LogP contribution in [0.5, 0.6) is 0 Å². The van der Waals surface area contributed by atoms with Crippen molar-refractivity contribution in [2.24, 2.45) is 0 Å². The standard InChI is InChI=1S/C14H26N4O3/c1-4-17-7-8-21-12(9-17)10-18-11-13(15-16-18)14(19-5-2)20-6-3/h11-12,14H,4-10H2,1-3H3. The molecule has 1 fully saturated rings. The van der Waals surface area contributed by atoms with Crippen LogP contribution in [0.3, 0.4) is 0 Å². The van der Waals surface area contributed by atoms with Crippen molar-refractivity contribution in [1.82, 2.24) is 19.9 Å². The number of likely N-dealkylation sites (N-methyl/N-ethyl adjacent to an activating group) is 1. The first kappa shape index (κ1) is 16.4. The van der Waals surface area contributed by atoms with Crippen LogP contribution in [-0.2, 0) is 20.8 Å². The average Bonchev–Trinajstić information content (AvgIpc) is 2.95. The highest BCUT2D eigenvalue weighted by molar-refractivity contribution is 4.95. The summed E-state index contributed by atoms with van der Waals surface area (Å²) in [6.45, 7) is 11.7. The van der Waals surface area contributed by atoms with Crippen molar-refractivity contribution in [2.75, 3.05) is 39.5 Å². The molecule has 0 N–H and O–H groups in total. The molecule has 1 atom stereocenters. The molecule has 1 aromatic heterocycles. The summed E-state index contributed by atoms with van der Waals surface area (Å²) in [7, 11) is 0. The minimum atomic E-state index is -0.437. The first-order valence-corrected chi connectivity index (χ1v) is 7.74. The van der Waals surface area contributed by atoms with Gasteiger partial charge in [0.1, 0.15) is 5.69 Å². The molecule has 7 nitrogen and oxygen atoms in total. The van der Waals surface area contributed by atoms with Crippen LogP contribution in [0.25, 0.3) is 0 Å². The van der Waals surface area contributed by atoms with Gasteiger partial charge in [-0.1, -0.05) is 12.1 Å². The summed E-state index contributed by atoms with van der Waals surface area (Å²) in [6.07, 6.45) is 1.60. The second-order valence-electron chi connectivity index (χ2n) is 4.99. The van der Waals surface area contributed by atoms with Crippen LogP contribution in [0.1, 0.15) is 32.8 Å². The first-order valence-electron chi connectivity index (χ1n) is 7.74. The monoisotopic (exact) mass is 298 g/mol. The molecule has 0 saturated carbocycles. The lowest BCUT2D eigenvalue weighted by molar-refractivity contribution is -0.142. The van der Waals surface area contributed by atoms with Gasteiger partial charge in [0.15, 0.2) is 0 Å². The van der Waals surface area contributed by atoms with E-state index in [0.29, 0.717) is 25.5 Å². The Morgan fingerprint density at radius 3 is 2.76 bits per heavy atom. The zero-order valence-electron chi connectivity index (χ0n) is 13.2. The fourth-order valence-electron chi connectivity index (χ4n) is 2.42. The predicted octanol–water partition coefficient (Wildman–Crippen LogP) is 1.07. The first-order chi connectivity index (χ1) is 10.3. The lowest BCUT2D eigenvalue weighted by Gasteiger charge is -2.31. The molecule has 1 unspecified atom stereocenters. The number of morpholine rings is 1. The molecule has 0 aromatic carbocycles. The van der Waals surface area contributed by atoms with Crippen molar-refractivity contribution in [3.05, 3.63) is 11.9 Å². The number of hydrogen-bond donors (Lipinski definition) is 0. The molecular formula is C14H26N4O3. The number of aromatic nitrogens is 3. The van der Waals surface area contributed by atoms with E-state index in [0.717, 1.165) is 26.2 Å². The molecule has 1 aliphatic rings. The summed E-state index contributed by atoms with van der Waals surface area (Å²) < 4.78 is 18.7. The van der Waals surface area contributed by atoms with E-state index in [4.69, 9.17) is 14.2 Å². The van der Waals surface area contributed by atoms with Crippen LogP contribution in [0, 0.1) is 0 Å². The highest BCUT2D eigenvalue weighted by Gasteiger charge is 2.21. The third kappa shape index (κ3) is 4.74. The van der Waals surface area contributed by atoms with Gasteiger partial charge in [-0.25, -0.2) is 4.68 Å². The van der Waals surface area contributed by atoms with E-state index in [1.54, 1.807) is 0 Å². The summed E-state index contributed by atoms with van der Waals surface area (Å²) in [5.74, 6) is 0. The van der Waals surface area contributed by atoms with Crippen LogP contribution >= 0.6 is 0 Å². The second kappa shape index (κ2) is 8.43. The molecule has 0 radical (unpaired) electrons. The Hall–Kier alpha value is -1.02. The molecule has 120 valence electrons. The molecule has 21 heavy (non-hydrogen) atoms. The number of hydrogen-bond acceptors (Lipinski definition) is 6. The second-order valence-corrected chi connectivity index (χ2v) is 4.99. The maximum absolute atomic E-state index is 5.79. The molecule has 7 heteroatoms. The SMILES string of the molecule is CCOC(OCC)c1cn(CC2CN(CC)CCO2)nn1. The quantitative estimate of drug-likeness (QED) is 0.669. The third-order valence-corrected chi connectivity index (χ3v) is 3.49. The largest absolute Gasteiger partial charge is 0.374 e. The molecule has 2 heterocycles. The number of ether oxygens (including phenoxy) is 3. The maximum Gasteiger partial charge on any atom is 0.204 e. The van der Waals surface area contributed by atoms with Crippen molar-refractivity contribution >= 4 is 0 Å². The van der Waals surface area contributed by atoms with Crippen molar-refractivity contribution in [3.63, 3.8) is 0 Å². The van der Waals surface area contributed by atoms with Gasteiger partial charge < -0.3 is 14.2 Å². The van der Waals surface area contributed by atoms with E-state index in [9.17, 15) is 0 Å². The van der Waals surface area contributed by atoms with E-state index in [-0.39, 0.29) is 6.10 Å². The molecule has 2 rings (SSSR count). The molecule has 1 aromatic rings. The van der Waals surface area contributed by atoms with Crippen LogP contribution in [0.4, 0.5) is 0 Å². The Morgan fingerprint density at radius 2 is 2.10 bits per heavy atom. The fraction of sp³-hybridized carbons (Fsp3) is 0.857. The topological polar surface area (TPSA) is 61.6 Å². The molecule has 1 saturated heterocycles. The summed E-state index contributed by atoms with van der Waals surface area (Å²) in [6, 6.07) is 0. The minimum Gasteiger partial charge on any atom is -0.374 e. The van der Waals surface area contributed by atoms with Gasteiger partial charge >= 0.3 is 0 Å². The molecule has 0 aliphatic carbocycles. The lowest BCUT2D eigenvalue weighted by Crippen LogP contribution is -2.44. The summed E-state index contributed by atoms with van der Waals surface area (Å²) in [5, 5.41) is 8.31. The Morgan fingerprint density at radius 1 is 1.33 bits per heavy atom. The fourth-order valence-corrected chi connectivity index (χ4v) is 2.42. The Labute approximate surface area is 126 Å². The van der Waals surface area contributed by atoms with E-state index < -0.39 is 6.29 Å². The van der Waals surface area contributed by atoms with Crippen LogP contribution < -0.4 is 0 Å². The number of rotatable bonds is 8. The van der Waals surface area contributed by atoms with Crippen LogP contribution in [0.15, 0.2) is 6.20 Å². The van der Waals surface area contributed by atoms with Gasteiger partial charge in [-0.15, -0.1) is 5.10 Å². The Balaban J connectivity index is 1.92. The summed E-state index contributed by atoms with van der Waals surface area (Å²) >= 11 is 0. The van der Waals surface area contributed by atoms with Gasteiger partial charge in [0.05, 0.1) is 25.5 Å². The van der Waals surface area contributed by atoms with Crippen molar-refractivity contribution < 1.29 is 14.2 Å². The predicted molar refractivity (Wildman–Crippen MR) is 77.9 cm³/mol. The zero-order valence-corrected chi connectivity index (χ0v) is 13.2. The molecule has 1 aliphatic heterocycles. The lowest BCUT2D eigenvalue weighted by atomic mass is 10.2. The van der Waals surface area contributed by atoms with Crippen molar-refractivity contribution in [2.45, 2.75) is 39.7 Å². The van der Waals surface area contributed by atoms with Gasteiger partial charge in [-0.2, -0.15) is 0 Å². The molecule has 0 spiro atoms. The van der Waals surface area contributed by atoms with Crippen LogP contribution in [0.2, 0.25) is 0 Å². The maximum atomic E-state index is 5.79. The highest BCUT2D eigenvalue weighted by Crippen LogP contribution is 2.16. The van der Waals surface area contributed by atoms with Gasteiger partial charge in [0, 0.05) is 26.3 Å². The molecular weight excluding hydrogens is 272 g/mol. The third-order valence-electron chi connectivity index (χ3n) is 3.49. The van der Waals surface area contributed by atoms with E-state index in [1.807, 2.05) is 24.7 Å². The van der Waals surface area contributed by atoms with Gasteiger partial charge in [0.2, 0.25) is 6.29 Å². The summed E-state index contributed by atoms with van der Waals surface area (Å²) in [4.78, 5) is 2.38. The van der Waals surface area contributed by atoms with Gasteiger partial charge in [-0.3, -0.25) is 4.90 Å². The molecule has 0 amide bonds. The normalized spacial score (nSPS) is 20.3. The zero-order chi connectivity index (χ0) is 15.1. The van der Waals surface area contributed by atoms with E-state index >= 15 is 0 Å². The van der Waals surface area contributed by atoms with Gasteiger partial charge in [0.25, 0.3) is 0 Å². The summed E-state index contributed by atoms with van der Waals surface area (Å²) in [5.41, 5.74) is 0.710. The van der Waals surface area contributed by atoms with Gasteiger partial charge in [-0.05, 0) is 20.4 Å².